The fraction of sp³-hybridized carbons (Fsp3) is 0.429. The molecular formula is C14H16Cl2N2O2. The summed E-state index contributed by atoms with van der Waals surface area (Å²) in [5.41, 5.74) is 1.48. The summed E-state index contributed by atoms with van der Waals surface area (Å²) < 4.78 is 0. The van der Waals surface area contributed by atoms with Gasteiger partial charge < -0.3 is 10.2 Å². The molecule has 6 heteroatoms. The number of carbonyl (C=O) groups excluding carboxylic acids is 1. The first-order chi connectivity index (χ1) is 9.60. The Morgan fingerprint density at radius 3 is 2.70 bits per heavy atom. The highest BCUT2D eigenvalue weighted by molar-refractivity contribution is 6.42. The summed E-state index contributed by atoms with van der Waals surface area (Å²) in [4.78, 5) is 16.5. The van der Waals surface area contributed by atoms with Crippen molar-refractivity contribution in [2.24, 2.45) is 5.16 Å². The molecule has 1 aliphatic rings. The lowest BCUT2D eigenvalue weighted by molar-refractivity contribution is -0.121. The maximum Gasteiger partial charge on any atom is 0.220 e. The Kier molecular flexibility index (Phi) is 5.26. The lowest BCUT2D eigenvalue weighted by Gasteiger charge is -2.07. The Morgan fingerprint density at radius 1 is 1.35 bits per heavy atom. The van der Waals surface area contributed by atoms with Crippen molar-refractivity contribution < 1.29 is 9.63 Å². The first-order valence-electron chi connectivity index (χ1n) is 6.45. The molecule has 0 unspecified atom stereocenters. The molecule has 1 fully saturated rings. The van der Waals surface area contributed by atoms with E-state index in [0.29, 0.717) is 34.6 Å². The van der Waals surface area contributed by atoms with Crippen molar-refractivity contribution in [1.82, 2.24) is 5.32 Å². The van der Waals surface area contributed by atoms with Crippen molar-refractivity contribution in [1.29, 1.82) is 0 Å². The van der Waals surface area contributed by atoms with Crippen molar-refractivity contribution in [2.75, 3.05) is 7.11 Å². The van der Waals surface area contributed by atoms with Crippen molar-refractivity contribution in [3.8, 4) is 0 Å². The summed E-state index contributed by atoms with van der Waals surface area (Å²) in [5.74, 6) is 0.0383. The summed E-state index contributed by atoms with van der Waals surface area (Å²) in [6.07, 6.45) is 3.03. The minimum Gasteiger partial charge on any atom is -0.399 e. The number of benzene rings is 1. The highest BCUT2D eigenvalue weighted by Crippen LogP contribution is 2.24. The number of nitrogens with one attached hydrogen (secondary N) is 1. The van der Waals surface area contributed by atoms with Gasteiger partial charge in [0.15, 0.2) is 0 Å². The molecule has 0 spiro atoms. The molecule has 0 radical (unpaired) electrons. The van der Waals surface area contributed by atoms with Gasteiger partial charge in [0.2, 0.25) is 5.91 Å². The largest absolute Gasteiger partial charge is 0.399 e. The lowest BCUT2D eigenvalue weighted by Crippen LogP contribution is -2.25. The zero-order valence-electron chi connectivity index (χ0n) is 11.2. The summed E-state index contributed by atoms with van der Waals surface area (Å²) >= 11 is 11.9. The molecule has 108 valence electrons. The Bertz CT molecular complexity index is 528. The number of hydrogen-bond donors (Lipinski definition) is 1. The van der Waals surface area contributed by atoms with Crippen molar-refractivity contribution >= 4 is 34.8 Å². The Hall–Kier alpha value is -1.26. The fourth-order valence-electron chi connectivity index (χ4n) is 1.79. The van der Waals surface area contributed by atoms with E-state index in [1.54, 1.807) is 12.1 Å². The van der Waals surface area contributed by atoms with E-state index in [0.717, 1.165) is 18.4 Å². The van der Waals surface area contributed by atoms with Crippen molar-refractivity contribution in [3.05, 3.63) is 33.8 Å². The number of halogens is 2. The van der Waals surface area contributed by atoms with Crippen LogP contribution in [0.15, 0.2) is 23.4 Å². The highest BCUT2D eigenvalue weighted by Gasteiger charge is 2.23. The van der Waals surface area contributed by atoms with Crippen LogP contribution in [0.4, 0.5) is 0 Å². The summed E-state index contributed by atoms with van der Waals surface area (Å²) in [6.45, 7) is 0. The van der Waals surface area contributed by atoms with Gasteiger partial charge in [0.25, 0.3) is 0 Å². The SMILES string of the molecule is CO/N=C(\CCC(=O)NC1CC1)c1ccc(Cl)c(Cl)c1. The van der Waals surface area contributed by atoms with Crippen molar-refractivity contribution in [2.45, 2.75) is 31.7 Å². The Morgan fingerprint density at radius 2 is 2.10 bits per heavy atom. The highest BCUT2D eigenvalue weighted by atomic mass is 35.5. The second-order valence-electron chi connectivity index (χ2n) is 4.69. The third-order valence-corrected chi connectivity index (χ3v) is 3.72. The zero-order valence-corrected chi connectivity index (χ0v) is 12.7. The van der Waals surface area contributed by atoms with Crippen LogP contribution in [0.3, 0.4) is 0 Å². The van der Waals surface area contributed by atoms with Gasteiger partial charge in [-0.25, -0.2) is 0 Å². The molecule has 1 saturated carbocycles. The average Bonchev–Trinajstić information content (AvgIpc) is 3.22. The number of rotatable bonds is 6. The topological polar surface area (TPSA) is 50.7 Å². The number of hydrogen-bond acceptors (Lipinski definition) is 3. The van der Waals surface area contributed by atoms with Crippen molar-refractivity contribution in [3.63, 3.8) is 0 Å². The third-order valence-electron chi connectivity index (χ3n) is 2.99. The van der Waals surface area contributed by atoms with E-state index in [2.05, 4.69) is 10.5 Å². The molecule has 0 bridgehead atoms. The van der Waals surface area contributed by atoms with Crippen LogP contribution in [-0.4, -0.2) is 24.8 Å². The van der Waals surface area contributed by atoms with E-state index >= 15 is 0 Å². The maximum absolute atomic E-state index is 11.7. The van der Waals surface area contributed by atoms with Crippen LogP contribution in [0.25, 0.3) is 0 Å². The quantitative estimate of drug-likeness (QED) is 0.646. The van der Waals surface area contributed by atoms with Gasteiger partial charge in [0.1, 0.15) is 7.11 Å². The molecule has 0 aromatic heterocycles. The van der Waals surface area contributed by atoms with Gasteiger partial charge in [-0.2, -0.15) is 0 Å². The van der Waals surface area contributed by atoms with Crippen LogP contribution in [0.2, 0.25) is 10.0 Å². The third kappa shape index (κ3) is 4.39. The molecule has 20 heavy (non-hydrogen) atoms. The normalized spacial score (nSPS) is 15.1. The van der Waals surface area contributed by atoms with E-state index in [-0.39, 0.29) is 5.91 Å². The molecule has 2 rings (SSSR count). The molecule has 1 aromatic carbocycles. The van der Waals surface area contributed by atoms with Crippen LogP contribution in [0, 0.1) is 0 Å². The Balaban J connectivity index is 2.00. The van der Waals surface area contributed by atoms with Gasteiger partial charge in [0.05, 0.1) is 15.8 Å². The number of oxime groups is 1. The van der Waals surface area contributed by atoms with Crippen LogP contribution in [-0.2, 0) is 9.63 Å². The Labute approximate surface area is 128 Å². The second kappa shape index (κ2) is 6.95. The predicted molar refractivity (Wildman–Crippen MR) is 80.4 cm³/mol. The molecule has 1 amide bonds. The predicted octanol–water partition coefficient (Wildman–Crippen LogP) is 3.40. The maximum atomic E-state index is 11.7. The molecule has 0 heterocycles. The number of carbonyl (C=O) groups is 1. The summed E-state index contributed by atoms with van der Waals surface area (Å²) in [5, 5.41) is 7.85. The first-order valence-corrected chi connectivity index (χ1v) is 7.20. The minimum absolute atomic E-state index is 0.0383. The zero-order chi connectivity index (χ0) is 14.5. The minimum atomic E-state index is 0.0383. The molecule has 1 N–H and O–H groups in total. The number of amides is 1. The average molecular weight is 315 g/mol. The standard InChI is InChI=1S/C14H16Cl2N2O2/c1-20-18-13(6-7-14(19)17-10-3-4-10)9-2-5-11(15)12(16)8-9/h2,5,8,10H,3-4,6-7H2,1H3,(H,17,19)/b18-13+. The van der Waals surface area contributed by atoms with Crippen LogP contribution < -0.4 is 5.32 Å². The monoisotopic (exact) mass is 314 g/mol. The summed E-state index contributed by atoms with van der Waals surface area (Å²) in [6, 6.07) is 5.61. The lowest BCUT2D eigenvalue weighted by atomic mass is 10.1. The van der Waals surface area contributed by atoms with Gasteiger partial charge in [-0.05, 0) is 25.0 Å². The molecule has 0 saturated heterocycles. The molecule has 1 aliphatic carbocycles. The van der Waals surface area contributed by atoms with Crippen LogP contribution >= 0.6 is 23.2 Å². The molecule has 0 atom stereocenters. The van der Waals surface area contributed by atoms with Gasteiger partial charge in [-0.1, -0.05) is 34.4 Å². The van der Waals surface area contributed by atoms with Gasteiger partial charge >= 0.3 is 0 Å². The first kappa shape index (κ1) is 15.1. The molecule has 4 nitrogen and oxygen atoms in total. The summed E-state index contributed by atoms with van der Waals surface area (Å²) in [7, 11) is 1.47. The van der Waals surface area contributed by atoms with E-state index in [1.165, 1.54) is 7.11 Å². The van der Waals surface area contributed by atoms with Gasteiger partial charge in [-0.3, -0.25) is 4.79 Å². The fourth-order valence-corrected chi connectivity index (χ4v) is 2.09. The van der Waals surface area contributed by atoms with E-state index in [1.807, 2.05) is 6.07 Å². The second-order valence-corrected chi connectivity index (χ2v) is 5.51. The molecular weight excluding hydrogens is 299 g/mol. The van der Waals surface area contributed by atoms with Gasteiger partial charge in [0, 0.05) is 24.4 Å². The smallest absolute Gasteiger partial charge is 0.220 e. The number of nitrogens with zero attached hydrogens (tertiary/aromatic N) is 1. The van der Waals surface area contributed by atoms with Crippen LogP contribution in [0.5, 0.6) is 0 Å². The van der Waals surface area contributed by atoms with E-state index in [4.69, 9.17) is 28.0 Å². The van der Waals surface area contributed by atoms with E-state index < -0.39 is 0 Å². The van der Waals surface area contributed by atoms with E-state index in [9.17, 15) is 4.79 Å². The van der Waals surface area contributed by atoms with Gasteiger partial charge in [-0.15, -0.1) is 0 Å². The molecule has 0 aliphatic heterocycles. The van der Waals surface area contributed by atoms with Crippen LogP contribution in [0.1, 0.15) is 31.2 Å². The molecule has 1 aromatic rings.